The Morgan fingerprint density at radius 3 is 2.95 bits per heavy atom. The molecule has 2 nitrogen and oxygen atoms in total. The van der Waals surface area contributed by atoms with Gasteiger partial charge in [-0.3, -0.25) is 0 Å². The summed E-state index contributed by atoms with van der Waals surface area (Å²) in [6.45, 7) is 2.06. The molecule has 1 aromatic carbocycles. The Labute approximate surface area is 121 Å². The van der Waals surface area contributed by atoms with E-state index in [0.29, 0.717) is 0 Å². The Bertz CT molecular complexity index is 484. The van der Waals surface area contributed by atoms with Crippen LogP contribution in [-0.4, -0.2) is 13.2 Å². The van der Waals surface area contributed by atoms with Crippen molar-refractivity contribution in [2.75, 3.05) is 13.2 Å². The Morgan fingerprint density at radius 2 is 2.05 bits per heavy atom. The Balaban J connectivity index is 1.79. The van der Waals surface area contributed by atoms with Gasteiger partial charge in [0.05, 0.1) is 6.61 Å². The van der Waals surface area contributed by atoms with E-state index >= 15 is 0 Å². The molecule has 1 aliphatic carbocycles. The van der Waals surface area contributed by atoms with E-state index in [0.717, 1.165) is 12.5 Å². The summed E-state index contributed by atoms with van der Waals surface area (Å²) in [4.78, 5) is 0. The van der Waals surface area contributed by atoms with Crippen molar-refractivity contribution >= 4 is 0 Å². The summed E-state index contributed by atoms with van der Waals surface area (Å²) in [5.74, 6) is 2.05. The fourth-order valence-electron chi connectivity index (χ4n) is 4.22. The number of rotatable bonds is 2. The van der Waals surface area contributed by atoms with Crippen LogP contribution >= 0.6 is 0 Å². The minimum atomic E-state index is 0.208. The summed E-state index contributed by atoms with van der Waals surface area (Å²) in [6.07, 6.45) is 10.5. The zero-order chi connectivity index (χ0) is 13.4. The Hall–Kier alpha value is -1.02. The molecule has 2 heteroatoms. The lowest BCUT2D eigenvalue weighted by atomic mass is 9.79. The SMILES string of the molecule is c1cc2c(c(C3(C4CC4)CCCCCN3)c1)OCCC2. The fraction of sp³-hybridized carbons (Fsp3) is 0.667. The van der Waals surface area contributed by atoms with Crippen molar-refractivity contribution in [3.05, 3.63) is 29.3 Å². The van der Waals surface area contributed by atoms with Crippen LogP contribution in [0.2, 0.25) is 0 Å². The molecular weight excluding hydrogens is 246 g/mol. The molecule has 4 rings (SSSR count). The number of fused-ring (bicyclic) bond motifs is 1. The van der Waals surface area contributed by atoms with Crippen LogP contribution in [0.25, 0.3) is 0 Å². The van der Waals surface area contributed by atoms with E-state index in [1.807, 2.05) is 0 Å². The van der Waals surface area contributed by atoms with Gasteiger partial charge in [-0.25, -0.2) is 0 Å². The third-order valence-electron chi connectivity index (χ3n) is 5.38. The van der Waals surface area contributed by atoms with E-state index in [9.17, 15) is 0 Å². The molecule has 3 aliphatic rings. The van der Waals surface area contributed by atoms with Crippen LogP contribution < -0.4 is 10.1 Å². The molecule has 1 saturated heterocycles. The molecule has 0 aromatic heterocycles. The molecule has 0 amide bonds. The number of hydrogen-bond acceptors (Lipinski definition) is 2. The lowest BCUT2D eigenvalue weighted by Gasteiger charge is -2.37. The van der Waals surface area contributed by atoms with E-state index in [1.165, 1.54) is 74.8 Å². The normalized spacial score (nSPS) is 30.2. The van der Waals surface area contributed by atoms with E-state index in [4.69, 9.17) is 4.74 Å². The van der Waals surface area contributed by atoms with E-state index in [1.54, 1.807) is 0 Å². The standard InChI is InChI=1S/C18H25NO/c1-2-11-18(15-9-10-15,19-12-3-1)16-8-4-6-14-7-5-13-20-17(14)16/h4,6,8,15,19H,1-3,5,7,9-13H2. The quantitative estimate of drug-likeness (QED) is 0.884. The van der Waals surface area contributed by atoms with Gasteiger partial charge in [-0.15, -0.1) is 0 Å². The van der Waals surface area contributed by atoms with Crippen molar-refractivity contribution in [3.8, 4) is 5.75 Å². The minimum Gasteiger partial charge on any atom is -0.493 e. The highest BCUT2D eigenvalue weighted by Crippen LogP contribution is 2.52. The highest BCUT2D eigenvalue weighted by atomic mass is 16.5. The molecule has 1 unspecified atom stereocenters. The maximum atomic E-state index is 6.11. The van der Waals surface area contributed by atoms with Crippen molar-refractivity contribution < 1.29 is 4.74 Å². The topological polar surface area (TPSA) is 21.3 Å². The summed E-state index contributed by atoms with van der Waals surface area (Å²) >= 11 is 0. The second-order valence-electron chi connectivity index (χ2n) is 6.73. The summed E-state index contributed by atoms with van der Waals surface area (Å²) in [6, 6.07) is 6.84. The zero-order valence-corrected chi connectivity index (χ0v) is 12.3. The van der Waals surface area contributed by atoms with Crippen LogP contribution in [0, 0.1) is 5.92 Å². The van der Waals surface area contributed by atoms with Crippen molar-refractivity contribution in [2.24, 2.45) is 5.92 Å². The zero-order valence-electron chi connectivity index (χ0n) is 12.3. The molecule has 108 valence electrons. The van der Waals surface area contributed by atoms with Crippen LogP contribution in [-0.2, 0) is 12.0 Å². The minimum absolute atomic E-state index is 0.208. The van der Waals surface area contributed by atoms with Gasteiger partial charge >= 0.3 is 0 Å². The van der Waals surface area contributed by atoms with E-state index < -0.39 is 0 Å². The van der Waals surface area contributed by atoms with Gasteiger partial charge < -0.3 is 10.1 Å². The van der Waals surface area contributed by atoms with Crippen LogP contribution in [0.15, 0.2) is 18.2 Å². The molecule has 1 aromatic rings. The number of benzene rings is 1. The third kappa shape index (κ3) is 2.05. The van der Waals surface area contributed by atoms with Gasteiger partial charge in [0.1, 0.15) is 5.75 Å². The first-order valence-corrected chi connectivity index (χ1v) is 8.40. The molecule has 0 radical (unpaired) electrons. The highest BCUT2D eigenvalue weighted by Gasteiger charge is 2.47. The van der Waals surface area contributed by atoms with Gasteiger partial charge in [0.25, 0.3) is 0 Å². The first-order valence-electron chi connectivity index (χ1n) is 8.40. The number of hydrogen-bond donors (Lipinski definition) is 1. The number of ether oxygens (including phenoxy) is 1. The molecule has 0 spiro atoms. The van der Waals surface area contributed by atoms with Crippen LogP contribution in [0.4, 0.5) is 0 Å². The first-order chi connectivity index (χ1) is 9.90. The molecule has 2 aliphatic heterocycles. The molecule has 2 heterocycles. The number of nitrogens with one attached hydrogen (secondary N) is 1. The number of para-hydroxylation sites is 1. The smallest absolute Gasteiger partial charge is 0.127 e. The summed E-state index contributed by atoms with van der Waals surface area (Å²) < 4.78 is 6.11. The second kappa shape index (κ2) is 5.07. The maximum absolute atomic E-state index is 6.11. The van der Waals surface area contributed by atoms with Crippen molar-refractivity contribution in [1.82, 2.24) is 5.32 Å². The van der Waals surface area contributed by atoms with Crippen LogP contribution in [0.1, 0.15) is 56.1 Å². The Kier molecular flexibility index (Phi) is 3.22. The third-order valence-corrected chi connectivity index (χ3v) is 5.38. The van der Waals surface area contributed by atoms with Gasteiger partial charge in [-0.05, 0) is 56.6 Å². The molecular formula is C18H25NO. The van der Waals surface area contributed by atoms with E-state index in [-0.39, 0.29) is 5.54 Å². The molecule has 1 atom stereocenters. The van der Waals surface area contributed by atoms with Crippen molar-refractivity contribution in [1.29, 1.82) is 0 Å². The van der Waals surface area contributed by atoms with Gasteiger partial charge in [-0.1, -0.05) is 31.0 Å². The van der Waals surface area contributed by atoms with Crippen LogP contribution in [0.5, 0.6) is 5.75 Å². The molecule has 0 bridgehead atoms. The first kappa shape index (κ1) is 12.7. The second-order valence-corrected chi connectivity index (χ2v) is 6.73. The summed E-state index contributed by atoms with van der Waals surface area (Å²) in [7, 11) is 0. The molecule has 1 N–H and O–H groups in total. The summed E-state index contributed by atoms with van der Waals surface area (Å²) in [5, 5.41) is 3.94. The van der Waals surface area contributed by atoms with Gasteiger partial charge in [0, 0.05) is 11.1 Å². The lowest BCUT2D eigenvalue weighted by molar-refractivity contribution is 0.241. The maximum Gasteiger partial charge on any atom is 0.127 e. The monoisotopic (exact) mass is 271 g/mol. The van der Waals surface area contributed by atoms with Gasteiger partial charge in [0.2, 0.25) is 0 Å². The van der Waals surface area contributed by atoms with Gasteiger partial charge in [0.15, 0.2) is 0 Å². The highest BCUT2D eigenvalue weighted by molar-refractivity contribution is 5.47. The summed E-state index contributed by atoms with van der Waals surface area (Å²) in [5.41, 5.74) is 3.11. The predicted molar refractivity (Wildman–Crippen MR) is 81.1 cm³/mol. The van der Waals surface area contributed by atoms with Crippen molar-refractivity contribution in [3.63, 3.8) is 0 Å². The average Bonchev–Trinajstić information content (AvgIpc) is 3.33. The Morgan fingerprint density at radius 1 is 1.10 bits per heavy atom. The predicted octanol–water partition coefficient (Wildman–Crippen LogP) is 3.78. The van der Waals surface area contributed by atoms with Crippen LogP contribution in [0.3, 0.4) is 0 Å². The molecule has 1 saturated carbocycles. The average molecular weight is 271 g/mol. The fourth-order valence-corrected chi connectivity index (χ4v) is 4.22. The van der Waals surface area contributed by atoms with Gasteiger partial charge in [-0.2, -0.15) is 0 Å². The molecule has 2 fully saturated rings. The van der Waals surface area contributed by atoms with E-state index in [2.05, 4.69) is 23.5 Å². The molecule has 20 heavy (non-hydrogen) atoms. The number of aryl methyl sites for hydroxylation is 1. The largest absolute Gasteiger partial charge is 0.493 e. The lowest BCUT2D eigenvalue weighted by Crippen LogP contribution is -2.44. The van der Waals surface area contributed by atoms with Crippen molar-refractivity contribution in [2.45, 2.75) is 56.9 Å².